The molecule has 2 aliphatic heterocycles. The van der Waals surface area contributed by atoms with Gasteiger partial charge in [-0.05, 0) is 36.3 Å². The van der Waals surface area contributed by atoms with Crippen LogP contribution in [0, 0.1) is 11.3 Å². The maximum atomic E-state index is 12.8. The third-order valence-corrected chi connectivity index (χ3v) is 5.84. The standard InChI is InChI=1S/C21H25F6N3O5/c1-18(2,3)13-6-8-30(9-7-13)14-5-4-12-10-28-11-19(33-15(12)29-14,34-16(31)20(22,23)24)35-17(32)21(25,26)27/h4-5,13,28H,6-11H2,1-3H3. The molecule has 1 fully saturated rings. The summed E-state index contributed by atoms with van der Waals surface area (Å²) in [6, 6.07) is 3.16. The third kappa shape index (κ3) is 6.47. The first-order valence-electron chi connectivity index (χ1n) is 10.8. The van der Waals surface area contributed by atoms with E-state index in [-0.39, 0.29) is 17.5 Å². The molecular weight excluding hydrogens is 488 g/mol. The number of nitrogens with one attached hydrogen (secondary N) is 1. The van der Waals surface area contributed by atoms with Crippen molar-refractivity contribution in [1.29, 1.82) is 0 Å². The minimum atomic E-state index is -5.59. The van der Waals surface area contributed by atoms with Gasteiger partial charge in [0.25, 0.3) is 0 Å². The Bertz CT molecular complexity index is 924. The van der Waals surface area contributed by atoms with E-state index >= 15 is 0 Å². The zero-order chi connectivity index (χ0) is 26.2. The van der Waals surface area contributed by atoms with Gasteiger partial charge in [0.15, 0.2) is 0 Å². The van der Waals surface area contributed by atoms with E-state index in [9.17, 15) is 35.9 Å². The van der Waals surface area contributed by atoms with Crippen LogP contribution >= 0.6 is 0 Å². The maximum Gasteiger partial charge on any atom is 0.491 e. The summed E-state index contributed by atoms with van der Waals surface area (Å²) < 4.78 is 90.5. The van der Waals surface area contributed by atoms with E-state index in [1.165, 1.54) is 6.07 Å². The zero-order valence-electron chi connectivity index (χ0n) is 19.2. The number of ether oxygens (including phenoxy) is 3. The Balaban J connectivity index is 1.89. The highest BCUT2D eigenvalue weighted by molar-refractivity contribution is 5.78. The molecule has 0 radical (unpaired) electrons. The van der Waals surface area contributed by atoms with Gasteiger partial charge < -0.3 is 24.4 Å². The SMILES string of the molecule is CC(C)(C)C1CCN(c2ccc3c(n2)OC(OC(=O)C(F)(F)F)(OC(=O)C(F)(F)F)CNC3)CC1. The van der Waals surface area contributed by atoms with Crippen LogP contribution in [0.25, 0.3) is 0 Å². The van der Waals surface area contributed by atoms with Gasteiger partial charge >= 0.3 is 30.3 Å². The molecule has 0 unspecified atom stereocenters. The molecule has 2 aliphatic rings. The lowest BCUT2D eigenvalue weighted by Gasteiger charge is -2.39. The highest BCUT2D eigenvalue weighted by atomic mass is 19.4. The van der Waals surface area contributed by atoms with Crippen LogP contribution in [-0.4, -0.2) is 54.9 Å². The third-order valence-electron chi connectivity index (χ3n) is 5.84. The van der Waals surface area contributed by atoms with Crippen LogP contribution < -0.4 is 15.0 Å². The van der Waals surface area contributed by atoms with Crippen molar-refractivity contribution in [3.8, 4) is 5.88 Å². The number of fused-ring (bicyclic) bond motifs is 1. The summed E-state index contributed by atoms with van der Waals surface area (Å²) in [5.41, 5.74) is 0.346. The summed E-state index contributed by atoms with van der Waals surface area (Å²) in [4.78, 5) is 29.1. The summed E-state index contributed by atoms with van der Waals surface area (Å²) in [7, 11) is 0. The van der Waals surface area contributed by atoms with Crippen molar-refractivity contribution in [2.45, 2.75) is 58.5 Å². The number of carbonyl (C=O) groups excluding carboxylic acids is 2. The summed E-state index contributed by atoms with van der Waals surface area (Å²) in [6.45, 7) is 6.51. The van der Waals surface area contributed by atoms with Gasteiger partial charge in [0, 0.05) is 25.2 Å². The smallest absolute Gasteiger partial charge is 0.401 e. The second-order valence-electron chi connectivity index (χ2n) is 9.42. The number of anilines is 1. The summed E-state index contributed by atoms with van der Waals surface area (Å²) >= 11 is 0. The molecule has 0 atom stereocenters. The van der Waals surface area contributed by atoms with Crippen LogP contribution in [0.3, 0.4) is 0 Å². The first-order chi connectivity index (χ1) is 16.0. The molecule has 3 rings (SSSR count). The number of esters is 2. The van der Waals surface area contributed by atoms with E-state index in [2.05, 4.69) is 40.5 Å². The van der Waals surface area contributed by atoms with Gasteiger partial charge in [0.2, 0.25) is 5.88 Å². The number of aromatic nitrogens is 1. The molecule has 0 saturated carbocycles. The van der Waals surface area contributed by atoms with E-state index < -0.39 is 42.7 Å². The molecule has 1 aromatic heterocycles. The Morgan fingerprint density at radius 3 is 2.06 bits per heavy atom. The fourth-order valence-corrected chi connectivity index (χ4v) is 3.90. The average Bonchev–Trinajstić information content (AvgIpc) is 2.90. The minimum absolute atomic E-state index is 0.104. The fraction of sp³-hybridized carbons (Fsp3) is 0.667. The number of halogens is 6. The lowest BCUT2D eigenvalue weighted by Crippen LogP contribution is -2.55. The van der Waals surface area contributed by atoms with Crippen molar-refractivity contribution in [1.82, 2.24) is 10.3 Å². The molecule has 0 aromatic carbocycles. The van der Waals surface area contributed by atoms with Gasteiger partial charge in [0.1, 0.15) is 12.4 Å². The largest absolute Gasteiger partial charge is 0.491 e. The Hall–Kier alpha value is -2.77. The predicted octanol–water partition coefficient (Wildman–Crippen LogP) is 3.69. The normalized spacial score (nSPS) is 19.3. The lowest BCUT2D eigenvalue weighted by atomic mass is 9.75. The summed E-state index contributed by atoms with van der Waals surface area (Å²) in [6.07, 6.45) is -9.49. The number of piperidine rings is 1. The molecule has 0 bridgehead atoms. The van der Waals surface area contributed by atoms with E-state index in [0.29, 0.717) is 24.8 Å². The first-order valence-corrected chi connectivity index (χ1v) is 10.8. The minimum Gasteiger partial charge on any atom is -0.401 e. The Morgan fingerprint density at radius 2 is 1.57 bits per heavy atom. The number of nitrogens with zero attached hydrogens (tertiary/aromatic N) is 2. The molecule has 14 heteroatoms. The van der Waals surface area contributed by atoms with E-state index in [0.717, 1.165) is 12.8 Å². The molecule has 8 nitrogen and oxygen atoms in total. The summed E-state index contributed by atoms with van der Waals surface area (Å²) in [5.74, 6) is -8.82. The van der Waals surface area contributed by atoms with Crippen molar-refractivity contribution in [3.63, 3.8) is 0 Å². The summed E-state index contributed by atoms with van der Waals surface area (Å²) in [5, 5.41) is 2.46. The number of carbonyl (C=O) groups is 2. The van der Waals surface area contributed by atoms with E-state index in [1.807, 2.05) is 4.90 Å². The Morgan fingerprint density at radius 1 is 1.03 bits per heavy atom. The van der Waals surface area contributed by atoms with Gasteiger partial charge in [-0.25, -0.2) is 9.59 Å². The first kappa shape index (κ1) is 26.8. The quantitative estimate of drug-likeness (QED) is 0.372. The maximum absolute atomic E-state index is 12.8. The van der Waals surface area contributed by atoms with Crippen molar-refractivity contribution >= 4 is 17.8 Å². The second-order valence-corrected chi connectivity index (χ2v) is 9.42. The van der Waals surface area contributed by atoms with Crippen molar-refractivity contribution in [3.05, 3.63) is 17.7 Å². The number of alkyl halides is 6. The van der Waals surface area contributed by atoms with Crippen LogP contribution in [0.5, 0.6) is 5.88 Å². The van der Waals surface area contributed by atoms with Crippen molar-refractivity contribution in [2.75, 3.05) is 24.5 Å². The van der Waals surface area contributed by atoms with Crippen molar-refractivity contribution in [2.24, 2.45) is 11.3 Å². The van der Waals surface area contributed by atoms with Crippen LogP contribution in [0.1, 0.15) is 39.2 Å². The molecule has 0 aliphatic carbocycles. The molecule has 1 aromatic rings. The number of hydrogen-bond donors (Lipinski definition) is 1. The second kappa shape index (κ2) is 9.36. The number of pyridine rings is 1. The van der Waals surface area contributed by atoms with Crippen LogP contribution in [0.15, 0.2) is 12.1 Å². The highest BCUT2D eigenvalue weighted by Gasteiger charge is 2.55. The van der Waals surface area contributed by atoms with E-state index in [4.69, 9.17) is 4.74 Å². The van der Waals surface area contributed by atoms with Gasteiger partial charge in [-0.15, -0.1) is 0 Å². The average molecular weight is 513 g/mol. The van der Waals surface area contributed by atoms with Gasteiger partial charge in [-0.3, -0.25) is 0 Å². The molecule has 1 N–H and O–H groups in total. The fourth-order valence-electron chi connectivity index (χ4n) is 3.90. The number of hydrogen-bond acceptors (Lipinski definition) is 8. The van der Waals surface area contributed by atoms with E-state index in [1.54, 1.807) is 6.07 Å². The van der Waals surface area contributed by atoms with Crippen molar-refractivity contribution < 1.29 is 50.1 Å². The van der Waals surface area contributed by atoms with Crippen LogP contribution in [0.4, 0.5) is 32.2 Å². The molecule has 0 spiro atoms. The predicted molar refractivity (Wildman–Crippen MR) is 108 cm³/mol. The highest BCUT2D eigenvalue weighted by Crippen LogP contribution is 2.37. The molecule has 0 amide bonds. The Kier molecular flexibility index (Phi) is 7.17. The molecule has 3 heterocycles. The zero-order valence-corrected chi connectivity index (χ0v) is 19.2. The van der Waals surface area contributed by atoms with Crippen LogP contribution in [-0.2, 0) is 25.6 Å². The lowest BCUT2D eigenvalue weighted by molar-refractivity contribution is -0.331. The number of rotatable bonds is 3. The molecule has 1 saturated heterocycles. The van der Waals surface area contributed by atoms with Gasteiger partial charge in [-0.1, -0.05) is 20.8 Å². The topological polar surface area (TPSA) is 90.0 Å². The molecule has 35 heavy (non-hydrogen) atoms. The molecule has 196 valence electrons. The molecular formula is C21H25F6N3O5. The van der Waals surface area contributed by atoms with Gasteiger partial charge in [0.05, 0.1) is 0 Å². The van der Waals surface area contributed by atoms with Crippen LogP contribution in [0.2, 0.25) is 0 Å². The van der Waals surface area contributed by atoms with Gasteiger partial charge in [-0.2, -0.15) is 31.3 Å². The Labute approximate surface area is 196 Å². The monoisotopic (exact) mass is 513 g/mol.